The average molecular weight is 274 g/mol. The van der Waals surface area contributed by atoms with Crippen LogP contribution < -0.4 is 5.32 Å². The van der Waals surface area contributed by atoms with Gasteiger partial charge in [-0.05, 0) is 18.6 Å². The third kappa shape index (κ3) is 2.76. The van der Waals surface area contributed by atoms with Crippen LogP contribution in [0.25, 0.3) is 0 Å². The number of aromatic nitrogens is 2. The number of benzene rings is 1. The van der Waals surface area contributed by atoms with Gasteiger partial charge in [-0.3, -0.25) is 0 Å². The highest BCUT2D eigenvalue weighted by atomic mass is 35.5. The second kappa shape index (κ2) is 5.30. The summed E-state index contributed by atoms with van der Waals surface area (Å²) in [5.74, 6) is -0.430. The van der Waals surface area contributed by atoms with Gasteiger partial charge in [0.25, 0.3) is 0 Å². The Balaban J connectivity index is 2.20. The zero-order valence-corrected chi connectivity index (χ0v) is 10.3. The summed E-state index contributed by atoms with van der Waals surface area (Å²) in [7, 11) is 0. The van der Waals surface area contributed by atoms with Gasteiger partial charge in [-0.15, -0.1) is 16.7 Å². The molecule has 4 nitrogen and oxygen atoms in total. The van der Waals surface area contributed by atoms with E-state index in [1.165, 1.54) is 6.92 Å². The van der Waals surface area contributed by atoms with Gasteiger partial charge >= 0.3 is 6.01 Å². The lowest BCUT2D eigenvalue weighted by molar-refractivity contribution is 0.515. The van der Waals surface area contributed by atoms with E-state index < -0.39 is 11.6 Å². The smallest absolute Gasteiger partial charge is 0.320 e. The Morgan fingerprint density at radius 2 is 2.06 bits per heavy atom. The number of alkyl halides is 1. The lowest BCUT2D eigenvalue weighted by Gasteiger charge is -2.04. The minimum atomic E-state index is -0.592. The van der Waals surface area contributed by atoms with Crippen molar-refractivity contribution in [1.29, 1.82) is 0 Å². The van der Waals surface area contributed by atoms with Gasteiger partial charge in [0.15, 0.2) is 0 Å². The molecule has 2 rings (SSSR count). The average Bonchev–Trinajstić information content (AvgIpc) is 2.74. The zero-order valence-electron chi connectivity index (χ0n) is 9.51. The molecule has 7 heteroatoms. The molecule has 1 N–H and O–H groups in total. The van der Waals surface area contributed by atoms with Crippen molar-refractivity contribution in [1.82, 2.24) is 10.2 Å². The number of anilines is 2. The lowest BCUT2D eigenvalue weighted by Crippen LogP contribution is -1.96. The summed E-state index contributed by atoms with van der Waals surface area (Å²) >= 11 is 5.51. The summed E-state index contributed by atoms with van der Waals surface area (Å²) in [5, 5.41) is 9.86. The van der Waals surface area contributed by atoms with Crippen molar-refractivity contribution in [3.63, 3.8) is 0 Å². The summed E-state index contributed by atoms with van der Waals surface area (Å²) in [6.45, 7) is 1.48. The molecule has 0 unspecified atom stereocenters. The summed E-state index contributed by atoms with van der Waals surface area (Å²) in [6, 6.07) is 2.13. The fourth-order valence-corrected chi connectivity index (χ4v) is 1.50. The van der Waals surface area contributed by atoms with E-state index in [4.69, 9.17) is 16.0 Å². The van der Waals surface area contributed by atoms with Crippen molar-refractivity contribution in [2.24, 2.45) is 0 Å². The Hall–Kier alpha value is -1.69. The number of halogens is 3. The van der Waals surface area contributed by atoms with E-state index in [2.05, 4.69) is 15.5 Å². The third-order valence-electron chi connectivity index (χ3n) is 2.27. The Morgan fingerprint density at radius 3 is 2.78 bits per heavy atom. The van der Waals surface area contributed by atoms with E-state index in [0.29, 0.717) is 18.2 Å². The molecule has 0 aliphatic heterocycles. The predicted molar refractivity (Wildman–Crippen MR) is 63.1 cm³/mol. The molecule has 0 saturated heterocycles. The van der Waals surface area contributed by atoms with Gasteiger partial charge in [-0.1, -0.05) is 5.10 Å². The first-order chi connectivity index (χ1) is 8.60. The third-order valence-corrected chi connectivity index (χ3v) is 2.45. The molecule has 0 atom stereocenters. The fourth-order valence-electron chi connectivity index (χ4n) is 1.34. The maximum atomic E-state index is 13.5. The molecule has 1 aromatic heterocycles. The number of rotatable bonds is 4. The maximum Gasteiger partial charge on any atom is 0.320 e. The fraction of sp³-hybridized carbons (Fsp3) is 0.273. The van der Waals surface area contributed by atoms with Crippen molar-refractivity contribution in [2.75, 3.05) is 11.2 Å². The van der Waals surface area contributed by atoms with Crippen LogP contribution in [-0.4, -0.2) is 16.1 Å². The van der Waals surface area contributed by atoms with Crippen molar-refractivity contribution < 1.29 is 13.2 Å². The lowest BCUT2D eigenvalue weighted by atomic mass is 10.2. The van der Waals surface area contributed by atoms with Crippen LogP contribution in [-0.2, 0) is 6.42 Å². The van der Waals surface area contributed by atoms with Crippen LogP contribution >= 0.6 is 11.6 Å². The molecule has 0 amide bonds. The van der Waals surface area contributed by atoms with Gasteiger partial charge in [0, 0.05) is 18.4 Å². The summed E-state index contributed by atoms with van der Waals surface area (Å²) in [5.41, 5.74) is 0.172. The molecule has 0 fully saturated rings. The highest BCUT2D eigenvalue weighted by molar-refractivity contribution is 6.17. The van der Waals surface area contributed by atoms with E-state index in [-0.39, 0.29) is 17.3 Å². The van der Waals surface area contributed by atoms with Crippen LogP contribution in [0.4, 0.5) is 20.5 Å². The molecular weight excluding hydrogens is 264 g/mol. The van der Waals surface area contributed by atoms with Gasteiger partial charge in [0.2, 0.25) is 5.89 Å². The molecule has 1 aromatic carbocycles. The van der Waals surface area contributed by atoms with Crippen molar-refractivity contribution in [3.8, 4) is 0 Å². The van der Waals surface area contributed by atoms with E-state index in [0.717, 1.165) is 12.1 Å². The number of hydrogen-bond donors (Lipinski definition) is 1. The second-order valence-corrected chi connectivity index (χ2v) is 4.02. The van der Waals surface area contributed by atoms with Crippen molar-refractivity contribution >= 4 is 23.3 Å². The largest absolute Gasteiger partial charge is 0.408 e. The first-order valence-corrected chi connectivity index (χ1v) is 5.74. The topological polar surface area (TPSA) is 51.0 Å². The molecular formula is C11H10ClF2N3O. The number of hydrogen-bond acceptors (Lipinski definition) is 4. The Morgan fingerprint density at radius 1 is 1.28 bits per heavy atom. The van der Waals surface area contributed by atoms with Gasteiger partial charge < -0.3 is 9.73 Å². The van der Waals surface area contributed by atoms with Crippen LogP contribution in [0.1, 0.15) is 11.5 Å². The van der Waals surface area contributed by atoms with Crippen LogP contribution in [0.3, 0.4) is 0 Å². The van der Waals surface area contributed by atoms with E-state index >= 15 is 0 Å². The van der Waals surface area contributed by atoms with Crippen LogP contribution in [0.5, 0.6) is 0 Å². The first kappa shape index (κ1) is 12.8. The van der Waals surface area contributed by atoms with Crippen LogP contribution in [0, 0.1) is 18.6 Å². The van der Waals surface area contributed by atoms with Gasteiger partial charge in [-0.25, -0.2) is 8.78 Å². The number of nitrogens with one attached hydrogen (secondary N) is 1. The van der Waals surface area contributed by atoms with Crippen molar-refractivity contribution in [2.45, 2.75) is 13.3 Å². The number of nitrogens with zero attached hydrogens (tertiary/aromatic N) is 2. The predicted octanol–water partition coefficient (Wildman–Crippen LogP) is 3.18. The highest BCUT2D eigenvalue weighted by Gasteiger charge is 2.11. The summed E-state index contributed by atoms with van der Waals surface area (Å²) in [4.78, 5) is 0. The normalized spacial score (nSPS) is 10.7. The maximum absolute atomic E-state index is 13.5. The SMILES string of the molecule is Cc1cc(F)c(Nc2nnc(CCCl)o2)cc1F. The Bertz CT molecular complexity index is 559. The molecule has 96 valence electrons. The standard InChI is InChI=1S/C11H10ClF2N3O/c1-6-4-8(14)9(5-7(6)13)15-11-17-16-10(18-11)2-3-12/h4-5H,2-3H2,1H3,(H,15,17). The van der Waals surface area contributed by atoms with Crippen LogP contribution in [0.15, 0.2) is 16.5 Å². The molecule has 18 heavy (non-hydrogen) atoms. The Labute approximate surface area is 107 Å². The summed E-state index contributed by atoms with van der Waals surface area (Å²) < 4.78 is 32.0. The monoisotopic (exact) mass is 273 g/mol. The Kier molecular flexibility index (Phi) is 3.76. The summed E-state index contributed by atoms with van der Waals surface area (Å²) in [6.07, 6.45) is 0.418. The van der Waals surface area contributed by atoms with Gasteiger partial charge in [-0.2, -0.15) is 0 Å². The second-order valence-electron chi connectivity index (χ2n) is 3.65. The first-order valence-electron chi connectivity index (χ1n) is 5.21. The zero-order chi connectivity index (χ0) is 13.1. The molecule has 0 radical (unpaired) electrons. The van der Waals surface area contributed by atoms with E-state index in [1.807, 2.05) is 0 Å². The molecule has 0 bridgehead atoms. The minimum absolute atomic E-state index is 0.00253. The molecule has 1 heterocycles. The molecule has 0 saturated carbocycles. The molecule has 0 aliphatic rings. The number of aryl methyl sites for hydroxylation is 2. The van der Waals surface area contributed by atoms with Gasteiger partial charge in [0.05, 0.1) is 5.69 Å². The van der Waals surface area contributed by atoms with E-state index in [9.17, 15) is 8.78 Å². The quantitative estimate of drug-likeness (QED) is 0.869. The molecule has 0 aliphatic carbocycles. The van der Waals surface area contributed by atoms with Crippen molar-refractivity contribution in [3.05, 3.63) is 35.2 Å². The minimum Gasteiger partial charge on any atom is -0.408 e. The van der Waals surface area contributed by atoms with Crippen LogP contribution in [0.2, 0.25) is 0 Å². The molecule has 0 spiro atoms. The van der Waals surface area contributed by atoms with Gasteiger partial charge in [0.1, 0.15) is 11.6 Å². The molecule has 2 aromatic rings. The highest BCUT2D eigenvalue weighted by Crippen LogP contribution is 2.22. The van der Waals surface area contributed by atoms with E-state index in [1.54, 1.807) is 0 Å².